The highest BCUT2D eigenvalue weighted by molar-refractivity contribution is 9.09. The number of nitrogens with zero attached hydrogens (tertiary/aromatic N) is 1. The van der Waals surface area contributed by atoms with Crippen LogP contribution in [-0.4, -0.2) is 35.5 Å². The van der Waals surface area contributed by atoms with E-state index in [1.807, 2.05) is 0 Å². The molecule has 0 aromatic rings. The molecule has 6 heteroatoms. The number of ether oxygens (including phenoxy) is 1. The molecule has 0 bridgehead atoms. The van der Waals surface area contributed by atoms with Gasteiger partial charge in [-0.3, -0.25) is 4.79 Å². The lowest BCUT2D eigenvalue weighted by atomic mass is 10.3. The number of carbonyl (C=O) groups is 2. The molecule has 0 unspecified atom stereocenters. The lowest BCUT2D eigenvalue weighted by molar-refractivity contribution is -0.136. The van der Waals surface area contributed by atoms with Crippen molar-refractivity contribution in [3.63, 3.8) is 0 Å². The van der Waals surface area contributed by atoms with Gasteiger partial charge in [-0.2, -0.15) is 0 Å². The summed E-state index contributed by atoms with van der Waals surface area (Å²) in [6, 6.07) is 0. The van der Waals surface area contributed by atoms with Gasteiger partial charge in [0.05, 0.1) is 11.9 Å². The molecule has 0 N–H and O–H groups in total. The van der Waals surface area contributed by atoms with Crippen molar-refractivity contribution >= 4 is 33.4 Å². The van der Waals surface area contributed by atoms with Crippen LogP contribution in [0.5, 0.6) is 0 Å². The molecular weight excluding hydrogens is 290 g/mol. The Kier molecular flexibility index (Phi) is 6.18. The molecule has 17 heavy (non-hydrogen) atoms. The van der Waals surface area contributed by atoms with Crippen LogP contribution in [0.25, 0.3) is 0 Å². The van der Waals surface area contributed by atoms with Crippen LogP contribution in [0.4, 0.5) is 0 Å². The monoisotopic (exact) mass is 305 g/mol. The number of esters is 1. The highest BCUT2D eigenvalue weighted by Gasteiger charge is 2.23. The number of hydrogen-bond acceptors (Lipinski definition) is 5. The molecule has 0 saturated heterocycles. The van der Waals surface area contributed by atoms with Gasteiger partial charge in [-0.25, -0.2) is 4.79 Å². The van der Waals surface area contributed by atoms with Crippen LogP contribution in [0.3, 0.4) is 0 Å². The number of rotatable bonds is 6. The fraction of sp³-hybridized carbons (Fsp3) is 0.727. The molecule has 1 aliphatic rings. The molecule has 1 aliphatic carbocycles. The first-order valence-corrected chi connectivity index (χ1v) is 6.81. The average molecular weight is 306 g/mol. The van der Waals surface area contributed by atoms with E-state index in [0.29, 0.717) is 0 Å². The Labute approximate surface area is 109 Å². The highest BCUT2D eigenvalue weighted by Crippen LogP contribution is 2.21. The Morgan fingerprint density at radius 1 is 1.35 bits per heavy atom. The van der Waals surface area contributed by atoms with E-state index in [2.05, 4.69) is 21.1 Å². The second-order valence-electron chi connectivity index (χ2n) is 3.73. The summed E-state index contributed by atoms with van der Waals surface area (Å²) in [5, 5.41) is 3.68. The molecule has 1 saturated carbocycles. The van der Waals surface area contributed by atoms with Crippen LogP contribution in [0.1, 0.15) is 32.6 Å². The third-order valence-corrected chi connectivity index (χ3v) is 2.96. The zero-order chi connectivity index (χ0) is 12.7. The van der Waals surface area contributed by atoms with Crippen LogP contribution in [0, 0.1) is 0 Å². The zero-order valence-corrected chi connectivity index (χ0v) is 11.4. The molecule has 0 amide bonds. The molecule has 0 radical (unpaired) electrons. The summed E-state index contributed by atoms with van der Waals surface area (Å²) in [6.07, 6.45) is 4.05. The zero-order valence-electron chi connectivity index (χ0n) is 9.78. The first-order chi connectivity index (χ1) is 8.19. The van der Waals surface area contributed by atoms with E-state index >= 15 is 0 Å². The predicted molar refractivity (Wildman–Crippen MR) is 66.2 cm³/mol. The number of oxime groups is 1. The maximum Gasteiger partial charge on any atom is 0.364 e. The van der Waals surface area contributed by atoms with Crippen LogP contribution in [-0.2, 0) is 19.2 Å². The van der Waals surface area contributed by atoms with Gasteiger partial charge in [0, 0.05) is 0 Å². The molecule has 1 fully saturated rings. The minimum absolute atomic E-state index is 0.0163. The largest absolute Gasteiger partial charge is 0.461 e. The number of alkyl halides is 1. The van der Waals surface area contributed by atoms with Gasteiger partial charge in [0.2, 0.25) is 11.5 Å². The van der Waals surface area contributed by atoms with Gasteiger partial charge >= 0.3 is 5.97 Å². The van der Waals surface area contributed by atoms with Gasteiger partial charge in [-0.1, -0.05) is 21.1 Å². The van der Waals surface area contributed by atoms with Crippen molar-refractivity contribution in [3.8, 4) is 0 Å². The van der Waals surface area contributed by atoms with Crippen LogP contribution in [0.2, 0.25) is 0 Å². The van der Waals surface area contributed by atoms with Crippen molar-refractivity contribution in [1.82, 2.24) is 0 Å². The van der Waals surface area contributed by atoms with Gasteiger partial charge in [-0.15, -0.1) is 0 Å². The maximum atomic E-state index is 11.5. The molecule has 0 aromatic heterocycles. The minimum atomic E-state index is -0.727. The minimum Gasteiger partial charge on any atom is -0.461 e. The number of carbonyl (C=O) groups excluding carboxylic acids is 2. The van der Waals surface area contributed by atoms with E-state index in [4.69, 9.17) is 9.57 Å². The summed E-state index contributed by atoms with van der Waals surface area (Å²) in [7, 11) is 0. The smallest absolute Gasteiger partial charge is 0.364 e. The molecule has 0 aliphatic heterocycles. The van der Waals surface area contributed by atoms with E-state index in [1.165, 1.54) is 0 Å². The maximum absolute atomic E-state index is 11.5. The third kappa shape index (κ3) is 4.46. The summed E-state index contributed by atoms with van der Waals surface area (Å²) in [6.45, 7) is 1.88. The van der Waals surface area contributed by atoms with Crippen molar-refractivity contribution in [2.24, 2.45) is 5.16 Å². The van der Waals surface area contributed by atoms with Crippen LogP contribution >= 0.6 is 15.9 Å². The van der Waals surface area contributed by atoms with E-state index in [0.717, 1.165) is 25.7 Å². The number of halogens is 1. The summed E-state index contributed by atoms with van der Waals surface area (Å²) in [5.41, 5.74) is -0.268. The summed E-state index contributed by atoms with van der Waals surface area (Å²) < 4.78 is 4.75. The molecule has 0 spiro atoms. The summed E-state index contributed by atoms with van der Waals surface area (Å²) >= 11 is 2.99. The summed E-state index contributed by atoms with van der Waals surface area (Å²) in [5.74, 6) is -1.16. The van der Waals surface area contributed by atoms with Crippen molar-refractivity contribution in [3.05, 3.63) is 0 Å². The second-order valence-corrected chi connectivity index (χ2v) is 4.29. The fourth-order valence-electron chi connectivity index (χ4n) is 1.59. The quantitative estimate of drug-likeness (QED) is 0.247. The van der Waals surface area contributed by atoms with Crippen LogP contribution < -0.4 is 0 Å². The Balaban J connectivity index is 2.63. The Morgan fingerprint density at radius 3 is 2.53 bits per heavy atom. The topological polar surface area (TPSA) is 65.0 Å². The van der Waals surface area contributed by atoms with E-state index in [9.17, 15) is 9.59 Å². The molecule has 5 nitrogen and oxygen atoms in total. The normalized spacial score (nSPS) is 16.9. The van der Waals surface area contributed by atoms with Crippen molar-refractivity contribution in [1.29, 1.82) is 0 Å². The van der Waals surface area contributed by atoms with E-state index < -0.39 is 11.8 Å². The standard InChI is InChI=1S/C11H16BrNO4/c1-2-16-11(15)10(9(14)7-12)13-17-8-5-3-4-6-8/h8H,2-7H2,1H3. The number of hydrogen-bond donors (Lipinski definition) is 0. The molecule has 0 atom stereocenters. The first kappa shape index (κ1) is 14.2. The van der Waals surface area contributed by atoms with Crippen molar-refractivity contribution in [2.75, 3.05) is 11.9 Å². The predicted octanol–water partition coefficient (Wildman–Crippen LogP) is 1.83. The Morgan fingerprint density at radius 2 is 2.00 bits per heavy atom. The molecule has 0 aromatic carbocycles. The van der Waals surface area contributed by atoms with Gasteiger partial charge in [0.15, 0.2) is 0 Å². The van der Waals surface area contributed by atoms with Gasteiger partial charge in [0.1, 0.15) is 6.10 Å². The molecule has 1 rings (SSSR count). The van der Waals surface area contributed by atoms with E-state index in [1.54, 1.807) is 6.92 Å². The lowest BCUT2D eigenvalue weighted by Crippen LogP contribution is -2.28. The summed E-state index contributed by atoms with van der Waals surface area (Å²) in [4.78, 5) is 28.1. The lowest BCUT2D eigenvalue weighted by Gasteiger charge is -2.08. The fourth-order valence-corrected chi connectivity index (χ4v) is 1.85. The van der Waals surface area contributed by atoms with Gasteiger partial charge in [-0.05, 0) is 32.6 Å². The number of Topliss-reactive ketones (excluding diaryl/α,β-unsaturated/α-hetero) is 1. The van der Waals surface area contributed by atoms with Crippen molar-refractivity contribution in [2.45, 2.75) is 38.7 Å². The van der Waals surface area contributed by atoms with Gasteiger partial charge in [0.25, 0.3) is 0 Å². The van der Waals surface area contributed by atoms with Gasteiger partial charge < -0.3 is 9.57 Å². The Bertz CT molecular complexity index is 311. The van der Waals surface area contributed by atoms with E-state index in [-0.39, 0.29) is 23.8 Å². The Hall–Kier alpha value is -0.910. The molecular formula is C11H16BrNO4. The van der Waals surface area contributed by atoms with Crippen molar-refractivity contribution < 1.29 is 19.2 Å². The number of ketones is 1. The van der Waals surface area contributed by atoms with Crippen LogP contribution in [0.15, 0.2) is 5.16 Å². The third-order valence-electron chi connectivity index (χ3n) is 2.45. The second kappa shape index (κ2) is 7.42. The highest BCUT2D eigenvalue weighted by atomic mass is 79.9. The molecule has 96 valence electrons. The average Bonchev–Trinajstić information content (AvgIpc) is 2.82. The SMILES string of the molecule is CCOC(=O)C(=NOC1CCCC1)C(=O)CBr. The first-order valence-electron chi connectivity index (χ1n) is 5.69. The molecule has 0 heterocycles.